The van der Waals surface area contributed by atoms with Gasteiger partial charge in [-0.3, -0.25) is 0 Å². The van der Waals surface area contributed by atoms with E-state index in [-0.39, 0.29) is 18.8 Å². The summed E-state index contributed by atoms with van der Waals surface area (Å²) in [6, 6.07) is 10.3. The van der Waals surface area contributed by atoms with Crippen LogP contribution in [0.1, 0.15) is 37.8 Å². The Kier molecular flexibility index (Phi) is 6.86. The highest BCUT2D eigenvalue weighted by molar-refractivity contribution is 5.18. The summed E-state index contributed by atoms with van der Waals surface area (Å²) in [6.07, 6.45) is 2.02. The van der Waals surface area contributed by atoms with Crippen LogP contribution in [-0.4, -0.2) is 29.5 Å². The average Bonchev–Trinajstić information content (AvgIpc) is 2.38. The number of nitrogens with one attached hydrogen (secondary N) is 1. The maximum absolute atomic E-state index is 9.48. The van der Waals surface area contributed by atoms with Crippen LogP contribution in [0.4, 0.5) is 0 Å². The second-order valence-electron chi connectivity index (χ2n) is 4.28. The van der Waals surface area contributed by atoms with Crippen molar-refractivity contribution in [1.82, 2.24) is 5.32 Å². The number of hydrogen-bond donors (Lipinski definition) is 3. The van der Waals surface area contributed by atoms with Gasteiger partial charge in [-0.1, -0.05) is 37.3 Å². The van der Waals surface area contributed by atoms with Crippen molar-refractivity contribution in [3.8, 4) is 0 Å². The van der Waals surface area contributed by atoms with Crippen LogP contribution < -0.4 is 5.32 Å². The third-order valence-corrected chi connectivity index (χ3v) is 2.96. The van der Waals surface area contributed by atoms with E-state index >= 15 is 0 Å². The van der Waals surface area contributed by atoms with Crippen molar-refractivity contribution in [2.75, 3.05) is 13.2 Å². The van der Waals surface area contributed by atoms with Crippen LogP contribution in [0, 0.1) is 0 Å². The first-order valence-electron chi connectivity index (χ1n) is 6.35. The average molecular weight is 237 g/mol. The van der Waals surface area contributed by atoms with Crippen molar-refractivity contribution in [2.45, 2.75) is 38.3 Å². The summed E-state index contributed by atoms with van der Waals surface area (Å²) in [7, 11) is 0. The normalized spacial score (nSPS) is 14.5. The Balaban J connectivity index is 2.44. The van der Waals surface area contributed by atoms with Crippen molar-refractivity contribution in [1.29, 1.82) is 0 Å². The van der Waals surface area contributed by atoms with E-state index in [9.17, 15) is 5.11 Å². The predicted octanol–water partition coefficient (Wildman–Crippen LogP) is 1.86. The first-order chi connectivity index (χ1) is 8.27. The van der Waals surface area contributed by atoms with Crippen molar-refractivity contribution in [3.63, 3.8) is 0 Å². The summed E-state index contributed by atoms with van der Waals surface area (Å²) < 4.78 is 0. The lowest BCUT2D eigenvalue weighted by atomic mass is 10.0. The molecule has 0 saturated heterocycles. The fourth-order valence-electron chi connectivity index (χ4n) is 1.83. The Hall–Kier alpha value is -0.900. The Labute approximate surface area is 103 Å². The van der Waals surface area contributed by atoms with Gasteiger partial charge in [-0.2, -0.15) is 0 Å². The molecule has 0 aliphatic rings. The first kappa shape index (κ1) is 14.2. The molecule has 0 aliphatic carbocycles. The van der Waals surface area contributed by atoms with Crippen LogP contribution in [0.15, 0.2) is 30.3 Å². The molecule has 2 unspecified atom stereocenters. The molecule has 1 aromatic rings. The van der Waals surface area contributed by atoms with Crippen LogP contribution >= 0.6 is 0 Å². The zero-order valence-corrected chi connectivity index (χ0v) is 10.5. The molecular weight excluding hydrogens is 214 g/mol. The van der Waals surface area contributed by atoms with Crippen molar-refractivity contribution in [3.05, 3.63) is 35.9 Å². The van der Waals surface area contributed by atoms with Gasteiger partial charge in [-0.15, -0.1) is 0 Å². The second kappa shape index (κ2) is 8.23. The van der Waals surface area contributed by atoms with Gasteiger partial charge in [0, 0.05) is 12.6 Å². The Morgan fingerprint density at radius 2 is 1.88 bits per heavy atom. The molecule has 0 radical (unpaired) electrons. The van der Waals surface area contributed by atoms with Gasteiger partial charge in [-0.05, 0) is 31.4 Å². The van der Waals surface area contributed by atoms with E-state index in [1.807, 2.05) is 25.1 Å². The topological polar surface area (TPSA) is 52.5 Å². The van der Waals surface area contributed by atoms with Gasteiger partial charge in [0.05, 0.1) is 6.10 Å². The van der Waals surface area contributed by atoms with E-state index in [2.05, 4.69) is 17.4 Å². The molecule has 1 aromatic carbocycles. The fraction of sp³-hybridized carbons (Fsp3) is 0.571. The number of benzene rings is 1. The van der Waals surface area contributed by atoms with Crippen LogP contribution in [0.3, 0.4) is 0 Å². The molecule has 0 bridgehead atoms. The summed E-state index contributed by atoms with van der Waals surface area (Å²) in [5.74, 6) is 0. The van der Waals surface area contributed by atoms with Crippen LogP contribution in [0.25, 0.3) is 0 Å². The number of aliphatic hydroxyl groups is 2. The summed E-state index contributed by atoms with van der Waals surface area (Å²) in [6.45, 7) is 2.92. The van der Waals surface area contributed by atoms with Crippen molar-refractivity contribution < 1.29 is 10.2 Å². The lowest BCUT2D eigenvalue weighted by Crippen LogP contribution is -2.26. The third-order valence-electron chi connectivity index (χ3n) is 2.96. The molecular formula is C14H23NO2. The van der Waals surface area contributed by atoms with Crippen LogP contribution in [-0.2, 0) is 0 Å². The minimum atomic E-state index is -0.229. The van der Waals surface area contributed by atoms with E-state index in [0.29, 0.717) is 6.42 Å². The van der Waals surface area contributed by atoms with Gasteiger partial charge < -0.3 is 15.5 Å². The fourth-order valence-corrected chi connectivity index (χ4v) is 1.83. The lowest BCUT2D eigenvalue weighted by molar-refractivity contribution is 0.157. The largest absolute Gasteiger partial charge is 0.396 e. The number of rotatable bonds is 8. The second-order valence-corrected chi connectivity index (χ2v) is 4.28. The van der Waals surface area contributed by atoms with E-state index in [4.69, 9.17) is 5.11 Å². The molecule has 0 amide bonds. The van der Waals surface area contributed by atoms with Gasteiger partial charge in [0.15, 0.2) is 0 Å². The van der Waals surface area contributed by atoms with E-state index in [0.717, 1.165) is 19.4 Å². The first-order valence-corrected chi connectivity index (χ1v) is 6.35. The van der Waals surface area contributed by atoms with Gasteiger partial charge in [-0.25, -0.2) is 0 Å². The van der Waals surface area contributed by atoms with E-state index < -0.39 is 0 Å². The SMILES string of the molecule is CCC(O)CCNC(CCO)c1ccccc1. The van der Waals surface area contributed by atoms with Gasteiger partial charge in [0.25, 0.3) is 0 Å². The molecule has 0 aromatic heterocycles. The lowest BCUT2D eigenvalue weighted by Gasteiger charge is -2.19. The van der Waals surface area contributed by atoms with Gasteiger partial charge in [0.2, 0.25) is 0 Å². The summed E-state index contributed by atoms with van der Waals surface area (Å²) >= 11 is 0. The Bertz CT molecular complexity index is 290. The van der Waals surface area contributed by atoms with Crippen molar-refractivity contribution >= 4 is 0 Å². The molecule has 0 spiro atoms. The third kappa shape index (κ3) is 5.31. The molecule has 0 heterocycles. The summed E-state index contributed by atoms with van der Waals surface area (Å²) in [4.78, 5) is 0. The Morgan fingerprint density at radius 3 is 2.47 bits per heavy atom. The monoisotopic (exact) mass is 237 g/mol. The maximum Gasteiger partial charge on any atom is 0.0549 e. The molecule has 1 rings (SSSR count). The minimum Gasteiger partial charge on any atom is -0.396 e. The zero-order chi connectivity index (χ0) is 12.5. The molecule has 2 atom stereocenters. The molecule has 17 heavy (non-hydrogen) atoms. The standard InChI is InChI=1S/C14H23NO2/c1-2-13(17)8-10-15-14(9-11-16)12-6-4-3-5-7-12/h3-7,13-17H,2,8-11H2,1H3. The predicted molar refractivity (Wildman–Crippen MR) is 69.8 cm³/mol. The summed E-state index contributed by atoms with van der Waals surface area (Å²) in [5, 5.41) is 21.9. The molecule has 0 saturated carbocycles. The van der Waals surface area contributed by atoms with E-state index in [1.165, 1.54) is 5.56 Å². The molecule has 0 fully saturated rings. The summed E-state index contributed by atoms with van der Waals surface area (Å²) in [5.41, 5.74) is 1.19. The highest BCUT2D eigenvalue weighted by Crippen LogP contribution is 2.15. The number of aliphatic hydroxyl groups excluding tert-OH is 2. The molecule has 3 heteroatoms. The number of hydrogen-bond acceptors (Lipinski definition) is 3. The molecule has 3 nitrogen and oxygen atoms in total. The molecule has 96 valence electrons. The van der Waals surface area contributed by atoms with Crippen molar-refractivity contribution in [2.24, 2.45) is 0 Å². The van der Waals surface area contributed by atoms with Crippen LogP contribution in [0.2, 0.25) is 0 Å². The molecule has 3 N–H and O–H groups in total. The van der Waals surface area contributed by atoms with Gasteiger partial charge in [0.1, 0.15) is 0 Å². The van der Waals surface area contributed by atoms with Gasteiger partial charge >= 0.3 is 0 Å². The zero-order valence-electron chi connectivity index (χ0n) is 10.5. The quantitative estimate of drug-likeness (QED) is 0.647. The smallest absolute Gasteiger partial charge is 0.0549 e. The highest BCUT2D eigenvalue weighted by atomic mass is 16.3. The minimum absolute atomic E-state index is 0.170. The maximum atomic E-state index is 9.48. The molecule has 0 aliphatic heterocycles. The van der Waals surface area contributed by atoms with E-state index in [1.54, 1.807) is 0 Å². The highest BCUT2D eigenvalue weighted by Gasteiger charge is 2.10. The Morgan fingerprint density at radius 1 is 1.18 bits per heavy atom. The van der Waals surface area contributed by atoms with Crippen LogP contribution in [0.5, 0.6) is 0 Å².